The van der Waals surface area contributed by atoms with E-state index < -0.39 is 5.41 Å². The van der Waals surface area contributed by atoms with E-state index >= 15 is 0 Å². The van der Waals surface area contributed by atoms with Gasteiger partial charge in [0.15, 0.2) is 0 Å². The van der Waals surface area contributed by atoms with Gasteiger partial charge in [-0.15, -0.1) is 0 Å². The van der Waals surface area contributed by atoms with Gasteiger partial charge in [0.05, 0.1) is 5.41 Å². The van der Waals surface area contributed by atoms with Crippen LogP contribution in [0, 0.1) is 24.2 Å². The van der Waals surface area contributed by atoms with Gasteiger partial charge in [-0.05, 0) is 55.9 Å². The van der Waals surface area contributed by atoms with Crippen molar-refractivity contribution < 1.29 is 9.59 Å². The lowest BCUT2D eigenvalue weighted by atomic mass is 9.75. The maximum Gasteiger partial charge on any atom is 0.269 e. The standard InChI is InChI=1S/C25H27N5O2/c1-15-26-13-18(14-27-15)17-9-10-19-21(11-17)30(24(32)25(19,2)3)22-6-4-5-20(29-22)23(31)28-12-16-7-8-16/h4-6,9,11,13-14,16,19H,7-8,10,12H2,1-3H3,(H,28,31). The molecule has 2 aromatic heterocycles. The molecule has 0 aromatic carbocycles. The van der Waals surface area contributed by atoms with Gasteiger partial charge in [-0.25, -0.2) is 15.0 Å². The highest BCUT2D eigenvalue weighted by Crippen LogP contribution is 2.50. The molecule has 164 valence electrons. The van der Waals surface area contributed by atoms with Gasteiger partial charge in [-0.2, -0.15) is 0 Å². The number of nitrogens with zero attached hydrogens (tertiary/aromatic N) is 4. The van der Waals surface area contributed by atoms with E-state index in [-0.39, 0.29) is 17.7 Å². The fourth-order valence-corrected chi connectivity index (χ4v) is 4.43. The predicted molar refractivity (Wildman–Crippen MR) is 121 cm³/mol. The highest BCUT2D eigenvalue weighted by Gasteiger charge is 2.51. The molecule has 0 spiro atoms. The Balaban J connectivity index is 1.49. The number of aromatic nitrogens is 3. The molecule has 0 radical (unpaired) electrons. The molecular weight excluding hydrogens is 402 g/mol. The van der Waals surface area contributed by atoms with E-state index in [2.05, 4.69) is 26.3 Å². The van der Waals surface area contributed by atoms with E-state index in [0.29, 0.717) is 24.0 Å². The summed E-state index contributed by atoms with van der Waals surface area (Å²) in [5.74, 6) is 1.63. The molecule has 2 fully saturated rings. The number of hydrogen-bond acceptors (Lipinski definition) is 5. The zero-order valence-electron chi connectivity index (χ0n) is 18.6. The number of nitrogens with one attached hydrogen (secondary N) is 1. The highest BCUT2D eigenvalue weighted by molar-refractivity contribution is 6.04. The molecule has 5 rings (SSSR count). The van der Waals surface area contributed by atoms with E-state index in [4.69, 9.17) is 0 Å². The van der Waals surface area contributed by atoms with Crippen LogP contribution in [0.3, 0.4) is 0 Å². The molecule has 1 aliphatic heterocycles. The second-order valence-electron chi connectivity index (χ2n) is 9.43. The van der Waals surface area contributed by atoms with Crippen molar-refractivity contribution in [1.29, 1.82) is 0 Å². The van der Waals surface area contributed by atoms with Crippen LogP contribution in [0.15, 0.2) is 48.4 Å². The number of amides is 2. The summed E-state index contributed by atoms with van der Waals surface area (Å²) in [6.45, 7) is 6.50. The van der Waals surface area contributed by atoms with E-state index in [1.807, 2.05) is 26.8 Å². The van der Waals surface area contributed by atoms with Gasteiger partial charge in [0.25, 0.3) is 5.91 Å². The summed E-state index contributed by atoms with van der Waals surface area (Å²) in [5.41, 5.74) is 2.58. The number of rotatable bonds is 5. The molecule has 32 heavy (non-hydrogen) atoms. The zero-order valence-corrected chi connectivity index (χ0v) is 18.6. The van der Waals surface area contributed by atoms with Crippen molar-refractivity contribution in [2.45, 2.75) is 40.0 Å². The monoisotopic (exact) mass is 429 g/mol. The predicted octanol–water partition coefficient (Wildman–Crippen LogP) is 3.68. The average molecular weight is 430 g/mol. The molecule has 3 aliphatic rings. The summed E-state index contributed by atoms with van der Waals surface area (Å²) in [6, 6.07) is 5.27. The number of carbonyl (C=O) groups is 2. The fourth-order valence-electron chi connectivity index (χ4n) is 4.43. The van der Waals surface area contributed by atoms with Gasteiger partial charge in [0, 0.05) is 36.1 Å². The summed E-state index contributed by atoms with van der Waals surface area (Å²) >= 11 is 0. The van der Waals surface area contributed by atoms with Crippen LogP contribution in [0.2, 0.25) is 0 Å². The molecule has 1 saturated heterocycles. The topological polar surface area (TPSA) is 88.1 Å². The first-order valence-corrected chi connectivity index (χ1v) is 11.1. The van der Waals surface area contributed by atoms with Crippen molar-refractivity contribution in [3.8, 4) is 0 Å². The summed E-state index contributed by atoms with van der Waals surface area (Å²) in [6.07, 6.45) is 10.9. The number of fused-ring (bicyclic) bond motifs is 1. The summed E-state index contributed by atoms with van der Waals surface area (Å²) in [7, 11) is 0. The van der Waals surface area contributed by atoms with Gasteiger partial charge < -0.3 is 5.32 Å². The quantitative estimate of drug-likeness (QED) is 0.783. The van der Waals surface area contributed by atoms with Crippen LogP contribution >= 0.6 is 0 Å². The van der Waals surface area contributed by atoms with Crippen molar-refractivity contribution >= 4 is 23.2 Å². The smallest absolute Gasteiger partial charge is 0.269 e. The van der Waals surface area contributed by atoms with Gasteiger partial charge in [0.1, 0.15) is 17.3 Å². The van der Waals surface area contributed by atoms with E-state index in [9.17, 15) is 9.59 Å². The minimum Gasteiger partial charge on any atom is -0.350 e. The Kier molecular flexibility index (Phi) is 4.92. The highest BCUT2D eigenvalue weighted by atomic mass is 16.2. The molecular formula is C25H27N5O2. The molecule has 2 amide bonds. The third kappa shape index (κ3) is 3.61. The van der Waals surface area contributed by atoms with Crippen LogP contribution in [-0.2, 0) is 4.79 Å². The van der Waals surface area contributed by atoms with E-state index in [1.54, 1.807) is 35.5 Å². The van der Waals surface area contributed by atoms with Gasteiger partial charge >= 0.3 is 0 Å². The number of hydrogen-bond donors (Lipinski definition) is 1. The molecule has 7 nitrogen and oxygen atoms in total. The molecule has 1 saturated carbocycles. The first-order chi connectivity index (χ1) is 15.3. The molecule has 1 N–H and O–H groups in total. The van der Waals surface area contributed by atoms with Crippen LogP contribution in [-0.4, -0.2) is 33.3 Å². The van der Waals surface area contributed by atoms with Crippen LogP contribution in [0.25, 0.3) is 5.57 Å². The Morgan fingerprint density at radius 2 is 1.97 bits per heavy atom. The molecule has 0 bridgehead atoms. The van der Waals surface area contributed by atoms with Crippen LogP contribution in [0.5, 0.6) is 0 Å². The summed E-state index contributed by atoms with van der Waals surface area (Å²) in [4.78, 5) is 40.9. The fraction of sp³-hybridized carbons (Fsp3) is 0.400. The van der Waals surface area contributed by atoms with Crippen LogP contribution in [0.4, 0.5) is 5.82 Å². The number of aryl methyl sites for hydroxylation is 1. The Labute approximate surface area is 187 Å². The lowest BCUT2D eigenvalue weighted by Crippen LogP contribution is -2.32. The molecule has 2 aliphatic carbocycles. The largest absolute Gasteiger partial charge is 0.350 e. The first-order valence-electron chi connectivity index (χ1n) is 11.1. The SMILES string of the molecule is Cc1ncc(C2=CCC3C(=C2)N(c2cccc(C(=O)NCC4CC4)n2)C(=O)C3(C)C)cn1. The average Bonchev–Trinajstić information content (AvgIpc) is 3.60. The Bertz CT molecular complexity index is 1150. The third-order valence-electron chi connectivity index (χ3n) is 6.68. The maximum atomic E-state index is 13.5. The molecule has 3 heterocycles. The third-order valence-corrected chi connectivity index (χ3v) is 6.68. The molecule has 1 unspecified atom stereocenters. The Morgan fingerprint density at radius 3 is 2.69 bits per heavy atom. The summed E-state index contributed by atoms with van der Waals surface area (Å²) in [5, 5.41) is 2.95. The number of pyridine rings is 1. The van der Waals surface area contributed by atoms with Gasteiger partial charge in [-0.1, -0.05) is 26.0 Å². The van der Waals surface area contributed by atoms with E-state index in [0.717, 1.165) is 29.1 Å². The Morgan fingerprint density at radius 1 is 1.22 bits per heavy atom. The second-order valence-corrected chi connectivity index (χ2v) is 9.43. The van der Waals surface area contributed by atoms with Gasteiger partial charge in [-0.3, -0.25) is 14.5 Å². The maximum absolute atomic E-state index is 13.5. The number of anilines is 1. The normalized spacial score (nSPS) is 21.7. The zero-order chi connectivity index (χ0) is 22.5. The van der Waals surface area contributed by atoms with Crippen molar-refractivity contribution in [2.75, 3.05) is 11.4 Å². The Hall–Kier alpha value is -3.35. The second kappa shape index (κ2) is 7.65. The van der Waals surface area contributed by atoms with Crippen LogP contribution in [0.1, 0.15) is 55.0 Å². The summed E-state index contributed by atoms with van der Waals surface area (Å²) < 4.78 is 0. The minimum absolute atomic E-state index is 0.00778. The number of carbonyl (C=O) groups excluding carboxylic acids is 2. The van der Waals surface area contributed by atoms with Gasteiger partial charge in [0.2, 0.25) is 5.91 Å². The van der Waals surface area contributed by atoms with Crippen molar-refractivity contribution in [3.05, 3.63) is 65.5 Å². The molecule has 2 aromatic rings. The van der Waals surface area contributed by atoms with Crippen molar-refractivity contribution in [2.24, 2.45) is 17.3 Å². The first kappa shape index (κ1) is 20.5. The molecule has 7 heteroatoms. The van der Waals surface area contributed by atoms with Crippen molar-refractivity contribution in [1.82, 2.24) is 20.3 Å². The lowest BCUT2D eigenvalue weighted by Gasteiger charge is -2.25. The number of allylic oxidation sites excluding steroid dienone is 4. The molecule has 1 atom stereocenters. The van der Waals surface area contributed by atoms with E-state index in [1.165, 1.54) is 12.8 Å². The van der Waals surface area contributed by atoms with Crippen LogP contribution < -0.4 is 10.2 Å². The lowest BCUT2D eigenvalue weighted by molar-refractivity contribution is -0.125. The minimum atomic E-state index is -0.566. The van der Waals surface area contributed by atoms with Crippen molar-refractivity contribution in [3.63, 3.8) is 0 Å².